The molecule has 4 nitrogen and oxygen atoms in total. The second kappa shape index (κ2) is 6.39. The maximum Gasteiger partial charge on any atom is 0.240 e. The van der Waals surface area contributed by atoms with Crippen LogP contribution in [-0.4, -0.2) is 21.5 Å². The van der Waals surface area contributed by atoms with E-state index >= 15 is 0 Å². The predicted octanol–water partition coefficient (Wildman–Crippen LogP) is 2.70. The van der Waals surface area contributed by atoms with E-state index in [1.54, 1.807) is 35.6 Å². The molecule has 0 saturated carbocycles. The first-order valence-electron chi connectivity index (χ1n) is 6.32. The number of hydrogen-bond acceptors (Lipinski definition) is 4. The summed E-state index contributed by atoms with van der Waals surface area (Å²) in [5, 5.41) is 7.57. The van der Waals surface area contributed by atoms with Gasteiger partial charge in [0.2, 0.25) is 10.0 Å². The van der Waals surface area contributed by atoms with Crippen LogP contribution < -0.4 is 10.0 Å². The van der Waals surface area contributed by atoms with Gasteiger partial charge in [0.05, 0.1) is 4.90 Å². The van der Waals surface area contributed by atoms with E-state index in [1.165, 1.54) is 12.6 Å². The molecule has 108 valence electrons. The summed E-state index contributed by atoms with van der Waals surface area (Å²) >= 11 is 1.69. The van der Waals surface area contributed by atoms with Gasteiger partial charge in [-0.3, -0.25) is 0 Å². The number of anilines is 1. The maximum atomic E-state index is 11.6. The van der Waals surface area contributed by atoms with E-state index in [-0.39, 0.29) is 10.9 Å². The van der Waals surface area contributed by atoms with Crippen LogP contribution in [0, 0.1) is 0 Å². The standard InChI is InChI=1S/C14H18N2O2S2/c1-11(9-12-7-8-19-10-12)16-13-3-5-14(6-4-13)20(17,18)15-2/h3-8,10-11,15-16H,9H2,1-2H3. The molecule has 0 amide bonds. The van der Waals surface area contributed by atoms with Crippen LogP contribution >= 0.6 is 11.3 Å². The van der Waals surface area contributed by atoms with Crippen LogP contribution in [0.3, 0.4) is 0 Å². The largest absolute Gasteiger partial charge is 0.382 e. The molecule has 0 aliphatic rings. The van der Waals surface area contributed by atoms with E-state index in [1.807, 2.05) is 0 Å². The van der Waals surface area contributed by atoms with E-state index in [0.29, 0.717) is 0 Å². The third-order valence-corrected chi connectivity index (χ3v) is 5.13. The van der Waals surface area contributed by atoms with Crippen molar-refractivity contribution < 1.29 is 8.42 Å². The Kier molecular flexibility index (Phi) is 4.80. The lowest BCUT2D eigenvalue weighted by Gasteiger charge is -2.15. The number of benzene rings is 1. The molecule has 0 aliphatic heterocycles. The Morgan fingerprint density at radius 1 is 1.20 bits per heavy atom. The number of thiophene rings is 1. The Morgan fingerprint density at radius 2 is 1.90 bits per heavy atom. The summed E-state index contributed by atoms with van der Waals surface area (Å²) in [5.41, 5.74) is 2.23. The average Bonchev–Trinajstić information content (AvgIpc) is 2.92. The van der Waals surface area contributed by atoms with Gasteiger partial charge in [0, 0.05) is 11.7 Å². The van der Waals surface area contributed by atoms with E-state index in [0.717, 1.165) is 12.1 Å². The number of nitrogens with one attached hydrogen (secondary N) is 2. The first kappa shape index (κ1) is 15.0. The summed E-state index contributed by atoms with van der Waals surface area (Å²) in [6, 6.07) is 9.18. The number of rotatable bonds is 6. The first-order valence-corrected chi connectivity index (χ1v) is 8.75. The van der Waals surface area contributed by atoms with Crippen LogP contribution in [0.5, 0.6) is 0 Å². The zero-order valence-electron chi connectivity index (χ0n) is 11.5. The van der Waals surface area contributed by atoms with Gasteiger partial charge >= 0.3 is 0 Å². The summed E-state index contributed by atoms with van der Waals surface area (Å²) in [6.45, 7) is 2.11. The highest BCUT2D eigenvalue weighted by atomic mass is 32.2. The third kappa shape index (κ3) is 3.82. The summed E-state index contributed by atoms with van der Waals surface area (Å²) in [7, 11) is -1.95. The molecule has 0 aliphatic carbocycles. The van der Waals surface area contributed by atoms with Crippen molar-refractivity contribution in [2.45, 2.75) is 24.3 Å². The number of hydrogen-bond donors (Lipinski definition) is 2. The Balaban J connectivity index is 2.00. The topological polar surface area (TPSA) is 58.2 Å². The molecule has 1 heterocycles. The fourth-order valence-corrected chi connectivity index (χ4v) is 3.36. The highest BCUT2D eigenvalue weighted by Crippen LogP contribution is 2.16. The molecule has 1 unspecified atom stereocenters. The first-order chi connectivity index (χ1) is 9.51. The molecule has 1 aromatic carbocycles. The minimum absolute atomic E-state index is 0.274. The van der Waals surface area contributed by atoms with E-state index in [2.05, 4.69) is 33.8 Å². The fourth-order valence-electron chi connectivity index (χ4n) is 1.95. The van der Waals surface area contributed by atoms with Gasteiger partial charge in [0.1, 0.15) is 0 Å². The molecule has 1 atom stereocenters. The number of sulfonamides is 1. The minimum Gasteiger partial charge on any atom is -0.382 e. The lowest BCUT2D eigenvalue weighted by Crippen LogP contribution is -2.19. The lowest BCUT2D eigenvalue weighted by molar-refractivity contribution is 0.588. The molecule has 0 bridgehead atoms. The zero-order chi connectivity index (χ0) is 14.6. The molecule has 0 saturated heterocycles. The fraction of sp³-hybridized carbons (Fsp3) is 0.286. The second-order valence-corrected chi connectivity index (χ2v) is 7.28. The second-order valence-electron chi connectivity index (χ2n) is 4.61. The predicted molar refractivity (Wildman–Crippen MR) is 83.8 cm³/mol. The Bertz CT molecular complexity index is 634. The van der Waals surface area contributed by atoms with Crippen molar-refractivity contribution in [3.05, 3.63) is 46.7 Å². The Morgan fingerprint density at radius 3 is 2.45 bits per heavy atom. The van der Waals surface area contributed by atoms with Crippen LogP contribution in [0.1, 0.15) is 12.5 Å². The smallest absolute Gasteiger partial charge is 0.240 e. The highest BCUT2D eigenvalue weighted by Gasteiger charge is 2.11. The zero-order valence-corrected chi connectivity index (χ0v) is 13.1. The van der Waals surface area contributed by atoms with Crippen LogP contribution in [-0.2, 0) is 16.4 Å². The molecule has 20 heavy (non-hydrogen) atoms. The molecular weight excluding hydrogens is 292 g/mol. The van der Waals surface area contributed by atoms with Crippen molar-refractivity contribution in [3.8, 4) is 0 Å². The molecule has 0 radical (unpaired) electrons. The van der Waals surface area contributed by atoms with Crippen molar-refractivity contribution >= 4 is 27.0 Å². The molecule has 6 heteroatoms. The van der Waals surface area contributed by atoms with E-state index < -0.39 is 10.0 Å². The van der Waals surface area contributed by atoms with E-state index in [4.69, 9.17) is 0 Å². The summed E-state index contributed by atoms with van der Waals surface area (Å²) in [5.74, 6) is 0. The summed E-state index contributed by atoms with van der Waals surface area (Å²) in [6.07, 6.45) is 0.945. The Labute approximate surface area is 123 Å². The summed E-state index contributed by atoms with van der Waals surface area (Å²) in [4.78, 5) is 0.274. The quantitative estimate of drug-likeness (QED) is 0.862. The molecule has 2 aromatic rings. The van der Waals surface area contributed by atoms with Crippen molar-refractivity contribution in [1.29, 1.82) is 0 Å². The molecule has 0 fully saturated rings. The monoisotopic (exact) mass is 310 g/mol. The van der Waals surface area contributed by atoms with Gasteiger partial charge < -0.3 is 5.32 Å². The van der Waals surface area contributed by atoms with Crippen LogP contribution in [0.15, 0.2) is 46.0 Å². The van der Waals surface area contributed by atoms with Crippen molar-refractivity contribution in [2.75, 3.05) is 12.4 Å². The molecule has 1 aromatic heterocycles. The molecule has 0 spiro atoms. The van der Waals surface area contributed by atoms with Gasteiger partial charge in [-0.1, -0.05) is 0 Å². The average molecular weight is 310 g/mol. The minimum atomic E-state index is -3.36. The Hall–Kier alpha value is -1.37. The van der Waals surface area contributed by atoms with Crippen molar-refractivity contribution in [3.63, 3.8) is 0 Å². The molecular formula is C14H18N2O2S2. The molecule has 2 N–H and O–H groups in total. The van der Waals surface area contributed by atoms with Crippen molar-refractivity contribution in [1.82, 2.24) is 4.72 Å². The van der Waals surface area contributed by atoms with Gasteiger partial charge in [0.25, 0.3) is 0 Å². The van der Waals surface area contributed by atoms with Gasteiger partial charge in [-0.15, -0.1) is 0 Å². The van der Waals surface area contributed by atoms with Gasteiger partial charge in [-0.2, -0.15) is 11.3 Å². The van der Waals surface area contributed by atoms with Crippen molar-refractivity contribution in [2.24, 2.45) is 0 Å². The SMILES string of the molecule is CNS(=O)(=O)c1ccc(NC(C)Cc2ccsc2)cc1. The van der Waals surface area contributed by atoms with Crippen LogP contribution in [0.25, 0.3) is 0 Å². The third-order valence-electron chi connectivity index (χ3n) is 2.97. The summed E-state index contributed by atoms with van der Waals surface area (Å²) < 4.78 is 25.5. The van der Waals surface area contributed by atoms with Gasteiger partial charge in [-0.05, 0) is 67.0 Å². The lowest BCUT2D eigenvalue weighted by atomic mass is 10.1. The van der Waals surface area contributed by atoms with Gasteiger partial charge in [-0.25, -0.2) is 13.1 Å². The highest BCUT2D eigenvalue weighted by molar-refractivity contribution is 7.89. The van der Waals surface area contributed by atoms with Crippen LogP contribution in [0.2, 0.25) is 0 Å². The van der Waals surface area contributed by atoms with Crippen LogP contribution in [0.4, 0.5) is 5.69 Å². The normalized spacial score (nSPS) is 13.1. The molecule has 2 rings (SSSR count). The van der Waals surface area contributed by atoms with E-state index in [9.17, 15) is 8.42 Å². The van der Waals surface area contributed by atoms with Gasteiger partial charge in [0.15, 0.2) is 0 Å². The maximum absolute atomic E-state index is 11.6.